The van der Waals surface area contributed by atoms with Gasteiger partial charge in [0.05, 0.1) is 12.6 Å². The number of aliphatic hydroxyl groups excluding tert-OH is 1. The second kappa shape index (κ2) is 4.16. The molecule has 2 atom stereocenters. The summed E-state index contributed by atoms with van der Waals surface area (Å²) in [6, 6.07) is 0.513. The van der Waals surface area contributed by atoms with E-state index in [4.69, 9.17) is 10.2 Å². The zero-order valence-electron chi connectivity index (χ0n) is 8.76. The van der Waals surface area contributed by atoms with Crippen molar-refractivity contribution in [3.63, 3.8) is 0 Å². The Labute approximate surface area is 88.1 Å². The lowest BCUT2D eigenvalue weighted by atomic mass is 10.0. The van der Waals surface area contributed by atoms with E-state index in [0.29, 0.717) is 17.8 Å². The molecule has 1 saturated heterocycles. The van der Waals surface area contributed by atoms with E-state index in [1.165, 1.54) is 0 Å². The average molecular weight is 212 g/mol. The summed E-state index contributed by atoms with van der Waals surface area (Å²) in [5, 5.41) is 17.2. The largest absolute Gasteiger partial charge is 0.407 e. The fourth-order valence-corrected chi connectivity index (χ4v) is 1.81. The molecule has 0 saturated carbocycles. The maximum absolute atomic E-state index is 9.45. The van der Waals surface area contributed by atoms with Crippen LogP contribution in [-0.4, -0.2) is 34.5 Å². The Morgan fingerprint density at radius 2 is 2.47 bits per heavy atom. The minimum Gasteiger partial charge on any atom is -0.407 e. The van der Waals surface area contributed by atoms with Gasteiger partial charge < -0.3 is 20.2 Å². The molecule has 2 heterocycles. The van der Waals surface area contributed by atoms with Gasteiger partial charge in [-0.3, -0.25) is 0 Å². The van der Waals surface area contributed by atoms with E-state index in [0.717, 1.165) is 19.5 Å². The van der Waals surface area contributed by atoms with Gasteiger partial charge >= 0.3 is 6.01 Å². The van der Waals surface area contributed by atoms with Gasteiger partial charge in [0, 0.05) is 19.0 Å². The first-order valence-electron chi connectivity index (χ1n) is 5.16. The van der Waals surface area contributed by atoms with Crippen molar-refractivity contribution < 1.29 is 9.52 Å². The number of nitrogens with zero attached hydrogens (tertiary/aromatic N) is 3. The Bertz CT molecular complexity index is 326. The first-order chi connectivity index (χ1) is 7.20. The van der Waals surface area contributed by atoms with Crippen molar-refractivity contribution in [2.75, 3.05) is 18.0 Å². The molecule has 1 aromatic heterocycles. The van der Waals surface area contributed by atoms with Gasteiger partial charge in [-0.25, -0.2) is 0 Å². The standard InChI is InChI=1S/C9H16N4O2/c1-6(14)7-2-3-13(5-7)9-12-11-8(4-10)15-9/h6-7,14H,2-5,10H2,1H3. The molecular formula is C9H16N4O2. The van der Waals surface area contributed by atoms with Gasteiger partial charge in [-0.2, -0.15) is 0 Å². The van der Waals surface area contributed by atoms with Crippen LogP contribution >= 0.6 is 0 Å². The van der Waals surface area contributed by atoms with Crippen LogP contribution in [0.25, 0.3) is 0 Å². The molecule has 6 heteroatoms. The van der Waals surface area contributed by atoms with Gasteiger partial charge in [0.1, 0.15) is 0 Å². The van der Waals surface area contributed by atoms with Gasteiger partial charge in [-0.15, -0.1) is 5.10 Å². The van der Waals surface area contributed by atoms with Crippen LogP contribution in [0.15, 0.2) is 4.42 Å². The fraction of sp³-hybridized carbons (Fsp3) is 0.778. The van der Waals surface area contributed by atoms with Crippen LogP contribution in [0.2, 0.25) is 0 Å². The van der Waals surface area contributed by atoms with E-state index in [1.54, 1.807) is 0 Å². The molecule has 1 fully saturated rings. The number of aliphatic hydroxyl groups is 1. The predicted molar refractivity (Wildman–Crippen MR) is 54.2 cm³/mol. The van der Waals surface area contributed by atoms with Crippen molar-refractivity contribution >= 4 is 6.01 Å². The topological polar surface area (TPSA) is 88.4 Å². The van der Waals surface area contributed by atoms with Crippen molar-refractivity contribution in [3.05, 3.63) is 5.89 Å². The molecule has 0 radical (unpaired) electrons. The molecule has 0 aromatic carbocycles. The van der Waals surface area contributed by atoms with E-state index in [9.17, 15) is 5.11 Å². The summed E-state index contributed by atoms with van der Waals surface area (Å²) in [4.78, 5) is 1.99. The second-order valence-corrected chi connectivity index (χ2v) is 3.92. The molecule has 0 spiro atoms. The Morgan fingerprint density at radius 1 is 1.67 bits per heavy atom. The van der Waals surface area contributed by atoms with E-state index < -0.39 is 0 Å². The third-order valence-corrected chi connectivity index (χ3v) is 2.81. The van der Waals surface area contributed by atoms with Gasteiger partial charge in [0.2, 0.25) is 5.89 Å². The molecule has 0 aliphatic carbocycles. The molecule has 2 rings (SSSR count). The molecule has 84 valence electrons. The summed E-state index contributed by atoms with van der Waals surface area (Å²) in [5.74, 6) is 0.740. The monoisotopic (exact) mass is 212 g/mol. The SMILES string of the molecule is CC(O)C1CCN(c2nnc(CN)o2)C1. The molecule has 2 unspecified atom stereocenters. The molecular weight excluding hydrogens is 196 g/mol. The van der Waals surface area contributed by atoms with Gasteiger partial charge in [0.15, 0.2) is 0 Å². The molecule has 3 N–H and O–H groups in total. The maximum atomic E-state index is 9.45. The summed E-state index contributed by atoms with van der Waals surface area (Å²) in [7, 11) is 0. The van der Waals surface area contributed by atoms with Gasteiger partial charge in [-0.1, -0.05) is 5.10 Å². The van der Waals surface area contributed by atoms with Crippen LogP contribution in [0.4, 0.5) is 6.01 Å². The number of hydrogen-bond donors (Lipinski definition) is 2. The molecule has 1 aliphatic heterocycles. The highest BCUT2D eigenvalue weighted by atomic mass is 16.4. The normalized spacial score (nSPS) is 23.4. The molecule has 0 bridgehead atoms. The number of aromatic nitrogens is 2. The van der Waals surface area contributed by atoms with Crippen LogP contribution in [0.5, 0.6) is 0 Å². The summed E-state index contributed by atoms with van der Waals surface area (Å²) in [6.45, 7) is 3.69. The second-order valence-electron chi connectivity index (χ2n) is 3.92. The van der Waals surface area contributed by atoms with E-state index >= 15 is 0 Å². The minimum atomic E-state index is -0.285. The third-order valence-electron chi connectivity index (χ3n) is 2.81. The average Bonchev–Trinajstić information content (AvgIpc) is 2.86. The van der Waals surface area contributed by atoms with Crippen LogP contribution in [-0.2, 0) is 6.54 Å². The van der Waals surface area contributed by atoms with Gasteiger partial charge in [-0.05, 0) is 13.3 Å². The highest BCUT2D eigenvalue weighted by Gasteiger charge is 2.28. The van der Waals surface area contributed by atoms with Gasteiger partial charge in [0.25, 0.3) is 0 Å². The number of rotatable bonds is 3. The lowest BCUT2D eigenvalue weighted by Gasteiger charge is -2.14. The number of hydrogen-bond acceptors (Lipinski definition) is 6. The Kier molecular flexibility index (Phi) is 2.88. The van der Waals surface area contributed by atoms with Crippen molar-refractivity contribution in [2.45, 2.75) is 26.0 Å². The summed E-state index contributed by atoms with van der Waals surface area (Å²) < 4.78 is 5.34. The Hall–Kier alpha value is -1.14. The fourth-order valence-electron chi connectivity index (χ4n) is 1.81. The molecule has 1 aromatic rings. The maximum Gasteiger partial charge on any atom is 0.318 e. The zero-order valence-corrected chi connectivity index (χ0v) is 8.76. The van der Waals surface area contributed by atoms with E-state index in [2.05, 4.69) is 10.2 Å². The van der Waals surface area contributed by atoms with Crippen LogP contribution in [0.1, 0.15) is 19.2 Å². The predicted octanol–water partition coefficient (Wildman–Crippen LogP) is -0.265. The van der Waals surface area contributed by atoms with E-state index in [1.807, 2.05) is 11.8 Å². The van der Waals surface area contributed by atoms with Crippen LogP contribution < -0.4 is 10.6 Å². The summed E-state index contributed by atoms with van der Waals surface area (Å²) in [5.41, 5.74) is 5.38. The smallest absolute Gasteiger partial charge is 0.318 e. The third kappa shape index (κ3) is 2.10. The Morgan fingerprint density at radius 3 is 3.00 bits per heavy atom. The zero-order chi connectivity index (χ0) is 10.8. The highest BCUT2D eigenvalue weighted by molar-refractivity contribution is 5.26. The van der Waals surface area contributed by atoms with Crippen LogP contribution in [0, 0.1) is 5.92 Å². The quantitative estimate of drug-likeness (QED) is 0.717. The number of anilines is 1. The van der Waals surface area contributed by atoms with Crippen LogP contribution in [0.3, 0.4) is 0 Å². The van der Waals surface area contributed by atoms with E-state index in [-0.39, 0.29) is 12.6 Å². The van der Waals surface area contributed by atoms with Crippen molar-refractivity contribution in [1.82, 2.24) is 10.2 Å². The number of nitrogens with two attached hydrogens (primary N) is 1. The minimum absolute atomic E-state index is 0.265. The summed E-state index contributed by atoms with van der Waals surface area (Å²) in [6.07, 6.45) is 0.671. The lowest BCUT2D eigenvalue weighted by molar-refractivity contribution is 0.136. The summed E-state index contributed by atoms with van der Waals surface area (Å²) >= 11 is 0. The molecule has 6 nitrogen and oxygen atoms in total. The lowest BCUT2D eigenvalue weighted by Crippen LogP contribution is -2.24. The molecule has 1 aliphatic rings. The molecule has 0 amide bonds. The van der Waals surface area contributed by atoms with Crippen molar-refractivity contribution in [2.24, 2.45) is 11.7 Å². The first kappa shape index (κ1) is 10.4. The van der Waals surface area contributed by atoms with Crippen molar-refractivity contribution in [3.8, 4) is 0 Å². The molecule has 15 heavy (non-hydrogen) atoms. The van der Waals surface area contributed by atoms with Crippen molar-refractivity contribution in [1.29, 1.82) is 0 Å². The Balaban J connectivity index is 2.01. The first-order valence-corrected chi connectivity index (χ1v) is 5.16. The highest BCUT2D eigenvalue weighted by Crippen LogP contribution is 2.24.